The number of aromatic nitrogens is 1. The van der Waals surface area contributed by atoms with Gasteiger partial charge in [0.1, 0.15) is 12.4 Å². The number of ether oxygens (including phenoxy) is 2. The highest BCUT2D eigenvalue weighted by atomic mass is 19.1. The van der Waals surface area contributed by atoms with Crippen LogP contribution in [0.15, 0.2) is 47.3 Å². The van der Waals surface area contributed by atoms with Gasteiger partial charge in [-0.25, -0.2) is 4.39 Å². The summed E-state index contributed by atoms with van der Waals surface area (Å²) in [5.74, 6) is 0.0914. The lowest BCUT2D eigenvalue weighted by atomic mass is 10.1. The van der Waals surface area contributed by atoms with Crippen molar-refractivity contribution in [2.45, 2.75) is 6.54 Å². The molecule has 0 aliphatic heterocycles. The summed E-state index contributed by atoms with van der Waals surface area (Å²) in [6.45, 7) is 0.712. The highest BCUT2D eigenvalue weighted by molar-refractivity contribution is 5.94. The second-order valence-corrected chi connectivity index (χ2v) is 6.04. The molecule has 0 aliphatic carbocycles. The highest BCUT2D eigenvalue weighted by Crippen LogP contribution is 2.28. The summed E-state index contributed by atoms with van der Waals surface area (Å²) in [7, 11) is 1.48. The van der Waals surface area contributed by atoms with Gasteiger partial charge in [-0.3, -0.25) is 9.59 Å². The second-order valence-electron chi connectivity index (χ2n) is 6.04. The van der Waals surface area contributed by atoms with Gasteiger partial charge in [0.25, 0.3) is 11.5 Å². The molecule has 1 aromatic heterocycles. The molecule has 0 spiro atoms. The zero-order valence-electron chi connectivity index (χ0n) is 15.3. The monoisotopic (exact) mass is 385 g/mol. The molecule has 28 heavy (non-hydrogen) atoms. The Kier molecular flexibility index (Phi) is 5.90. The Labute approximate surface area is 160 Å². The summed E-state index contributed by atoms with van der Waals surface area (Å²) in [5, 5.41) is 3.37. The first-order valence-corrected chi connectivity index (χ1v) is 8.62. The molecule has 0 saturated carbocycles. The molecule has 3 rings (SSSR count). The van der Waals surface area contributed by atoms with E-state index in [1.54, 1.807) is 30.3 Å². The predicted octanol–water partition coefficient (Wildman–Crippen LogP) is 1.94. The minimum Gasteiger partial charge on any atom is -0.493 e. The lowest BCUT2D eigenvalue weighted by molar-refractivity contribution is 0.0950. The summed E-state index contributed by atoms with van der Waals surface area (Å²) in [6, 6.07) is 10.5. The molecule has 0 unspecified atom stereocenters. The van der Waals surface area contributed by atoms with E-state index in [1.807, 2.05) is 0 Å². The van der Waals surface area contributed by atoms with Crippen molar-refractivity contribution in [3.8, 4) is 11.5 Å². The number of fused-ring (bicyclic) bond motifs is 1. The number of aromatic amines is 1. The van der Waals surface area contributed by atoms with Crippen molar-refractivity contribution in [2.24, 2.45) is 5.73 Å². The third-order valence-corrected chi connectivity index (χ3v) is 4.13. The van der Waals surface area contributed by atoms with Crippen LogP contribution in [-0.2, 0) is 6.54 Å². The maximum Gasteiger partial charge on any atom is 0.253 e. The Morgan fingerprint density at radius 3 is 2.75 bits per heavy atom. The van der Waals surface area contributed by atoms with E-state index in [4.69, 9.17) is 15.2 Å². The van der Waals surface area contributed by atoms with Crippen LogP contribution in [0.2, 0.25) is 0 Å². The summed E-state index contributed by atoms with van der Waals surface area (Å²) >= 11 is 0. The number of methoxy groups -OCH3 is 1. The first-order valence-electron chi connectivity index (χ1n) is 8.62. The van der Waals surface area contributed by atoms with E-state index >= 15 is 0 Å². The topological polar surface area (TPSA) is 106 Å². The van der Waals surface area contributed by atoms with Gasteiger partial charge in [-0.05, 0) is 47.9 Å². The third-order valence-electron chi connectivity index (χ3n) is 4.13. The molecule has 0 atom stereocenters. The normalized spacial score (nSPS) is 10.7. The van der Waals surface area contributed by atoms with Gasteiger partial charge in [-0.1, -0.05) is 0 Å². The Morgan fingerprint density at radius 2 is 2.00 bits per heavy atom. The summed E-state index contributed by atoms with van der Waals surface area (Å²) in [6.07, 6.45) is 0. The summed E-state index contributed by atoms with van der Waals surface area (Å²) in [4.78, 5) is 27.2. The minimum atomic E-state index is -0.433. The van der Waals surface area contributed by atoms with Gasteiger partial charge < -0.3 is 25.5 Å². The molecule has 1 amide bonds. The van der Waals surface area contributed by atoms with Gasteiger partial charge in [0, 0.05) is 24.2 Å². The van der Waals surface area contributed by atoms with Crippen molar-refractivity contribution < 1.29 is 18.7 Å². The molecule has 3 aromatic rings. The first-order chi connectivity index (χ1) is 13.5. The van der Waals surface area contributed by atoms with Crippen LogP contribution in [0.1, 0.15) is 15.9 Å². The molecule has 8 heteroatoms. The van der Waals surface area contributed by atoms with Gasteiger partial charge in [0.2, 0.25) is 0 Å². The van der Waals surface area contributed by atoms with Gasteiger partial charge in [0.05, 0.1) is 12.6 Å². The molecule has 2 aromatic carbocycles. The average molecular weight is 385 g/mol. The summed E-state index contributed by atoms with van der Waals surface area (Å²) < 4.78 is 24.0. The maximum atomic E-state index is 13.3. The van der Waals surface area contributed by atoms with E-state index in [0.717, 1.165) is 0 Å². The number of hydrogen-bond acceptors (Lipinski definition) is 5. The molecule has 1 heterocycles. The molecule has 0 aliphatic rings. The Balaban J connectivity index is 1.75. The number of rotatable bonds is 7. The predicted molar refractivity (Wildman–Crippen MR) is 103 cm³/mol. The van der Waals surface area contributed by atoms with Gasteiger partial charge >= 0.3 is 0 Å². The van der Waals surface area contributed by atoms with Gasteiger partial charge in [-0.15, -0.1) is 0 Å². The minimum absolute atomic E-state index is 0.0230. The summed E-state index contributed by atoms with van der Waals surface area (Å²) in [5.41, 5.74) is 6.15. The average Bonchev–Trinajstić information content (AvgIpc) is 2.70. The molecular weight excluding hydrogens is 365 g/mol. The molecule has 0 saturated heterocycles. The first kappa shape index (κ1) is 19.4. The third kappa shape index (κ3) is 4.29. The number of benzene rings is 2. The van der Waals surface area contributed by atoms with Crippen LogP contribution in [0.4, 0.5) is 4.39 Å². The smallest absolute Gasteiger partial charge is 0.253 e. The molecule has 0 fully saturated rings. The highest BCUT2D eigenvalue weighted by Gasteiger charge is 2.12. The number of halogens is 1. The van der Waals surface area contributed by atoms with Crippen molar-refractivity contribution in [3.05, 3.63) is 69.8 Å². The number of pyridine rings is 1. The van der Waals surface area contributed by atoms with Crippen molar-refractivity contribution in [1.29, 1.82) is 0 Å². The number of H-pyrrole nitrogens is 1. The van der Waals surface area contributed by atoms with Crippen LogP contribution in [0.3, 0.4) is 0 Å². The van der Waals surface area contributed by atoms with Crippen LogP contribution >= 0.6 is 0 Å². The van der Waals surface area contributed by atoms with E-state index in [1.165, 1.54) is 19.2 Å². The van der Waals surface area contributed by atoms with Crippen molar-refractivity contribution in [1.82, 2.24) is 10.3 Å². The molecule has 146 valence electrons. The number of amides is 1. The van der Waals surface area contributed by atoms with Crippen LogP contribution < -0.4 is 26.1 Å². The van der Waals surface area contributed by atoms with Crippen molar-refractivity contribution in [3.63, 3.8) is 0 Å². The van der Waals surface area contributed by atoms with E-state index in [2.05, 4.69) is 10.3 Å². The number of hydrogen-bond donors (Lipinski definition) is 3. The van der Waals surface area contributed by atoms with Gasteiger partial charge in [-0.2, -0.15) is 0 Å². The van der Waals surface area contributed by atoms with E-state index in [-0.39, 0.29) is 18.0 Å². The number of nitrogens with two attached hydrogens (primary N) is 1. The van der Waals surface area contributed by atoms with Crippen LogP contribution in [0.25, 0.3) is 10.9 Å². The maximum absolute atomic E-state index is 13.3. The SMILES string of the molecule is COc1cc(C(=O)NCc2cc3ccc(F)cc3[nH]c2=O)ccc1OCCN. The van der Waals surface area contributed by atoms with Crippen LogP contribution in [-0.4, -0.2) is 31.2 Å². The molecular formula is C20H20FN3O4. The Morgan fingerprint density at radius 1 is 1.18 bits per heavy atom. The fourth-order valence-electron chi connectivity index (χ4n) is 2.72. The second kappa shape index (κ2) is 8.53. The largest absolute Gasteiger partial charge is 0.493 e. The number of nitrogens with one attached hydrogen (secondary N) is 2. The lowest BCUT2D eigenvalue weighted by Gasteiger charge is -2.12. The standard InChI is InChI=1S/C20H20FN3O4/c1-27-18-9-13(3-5-17(18)28-7-6-22)19(25)23-11-14-8-12-2-4-15(21)10-16(12)24-20(14)26/h2-5,8-10H,6-7,11,22H2,1H3,(H,23,25)(H,24,26). The van der Waals surface area contributed by atoms with Crippen molar-refractivity contribution >= 4 is 16.8 Å². The van der Waals surface area contributed by atoms with E-state index in [9.17, 15) is 14.0 Å². The Bertz CT molecular complexity index is 1060. The fourth-order valence-corrected chi connectivity index (χ4v) is 2.72. The molecule has 4 N–H and O–H groups in total. The van der Waals surface area contributed by atoms with E-state index in [0.29, 0.717) is 46.7 Å². The van der Waals surface area contributed by atoms with Crippen molar-refractivity contribution in [2.75, 3.05) is 20.3 Å². The lowest BCUT2D eigenvalue weighted by Crippen LogP contribution is -2.26. The Hall–Kier alpha value is -3.39. The quantitative estimate of drug-likeness (QED) is 0.576. The zero-order chi connectivity index (χ0) is 20.1. The molecule has 7 nitrogen and oxygen atoms in total. The van der Waals surface area contributed by atoms with E-state index < -0.39 is 5.82 Å². The number of carbonyl (C=O) groups excluding carboxylic acids is 1. The zero-order valence-corrected chi connectivity index (χ0v) is 15.3. The fraction of sp³-hybridized carbons (Fsp3) is 0.200. The molecule has 0 bridgehead atoms. The van der Waals surface area contributed by atoms with Crippen LogP contribution in [0.5, 0.6) is 11.5 Å². The van der Waals surface area contributed by atoms with Gasteiger partial charge in [0.15, 0.2) is 11.5 Å². The number of carbonyl (C=O) groups is 1. The molecule has 0 radical (unpaired) electrons. The van der Waals surface area contributed by atoms with Crippen LogP contribution in [0, 0.1) is 5.82 Å².